The fourth-order valence-electron chi connectivity index (χ4n) is 31.0. The van der Waals surface area contributed by atoms with Crippen molar-refractivity contribution in [2.24, 2.45) is 166 Å². The molecule has 16 aliphatic rings. The van der Waals surface area contributed by atoms with Gasteiger partial charge < -0.3 is 0 Å². The van der Waals surface area contributed by atoms with Crippen molar-refractivity contribution >= 4 is 0 Å². The van der Waals surface area contributed by atoms with Crippen molar-refractivity contribution in [2.75, 3.05) is 0 Å². The molecule has 0 aromatic heterocycles. The van der Waals surface area contributed by atoms with E-state index in [1.165, 1.54) is 77.0 Å². The molecule has 0 aromatic rings. The number of hydrogen-bond acceptors (Lipinski definition) is 0. The van der Waals surface area contributed by atoms with Crippen molar-refractivity contribution in [2.45, 2.75) is 334 Å². The number of allylic oxidation sites excluding steroid dienone is 4. The first kappa shape index (κ1) is 58.6. The van der Waals surface area contributed by atoms with Crippen molar-refractivity contribution in [1.29, 1.82) is 0 Å². The largest absolute Gasteiger partial charge is 0.0811 e. The van der Waals surface area contributed by atoms with Gasteiger partial charge in [0.2, 0.25) is 0 Å². The van der Waals surface area contributed by atoms with Crippen molar-refractivity contribution < 1.29 is 0 Å². The summed E-state index contributed by atoms with van der Waals surface area (Å²) in [6, 6.07) is 0. The molecule has 0 spiro atoms. The normalized spacial score (nSPS) is 48.9. The van der Waals surface area contributed by atoms with E-state index < -0.39 is 0 Å². The molecule has 0 radical (unpaired) electrons. The van der Waals surface area contributed by atoms with Crippen LogP contribution in [0.25, 0.3) is 0 Å². The number of fused-ring (bicyclic) bond motifs is 8. The molecule has 0 amide bonds. The first-order valence-corrected chi connectivity index (χ1v) is 41.2. The first-order chi connectivity index (χ1) is 41.8. The van der Waals surface area contributed by atoms with Gasteiger partial charge in [0, 0.05) is 0 Å². The molecular weight excluding hydrogens is 1010 g/mol. The van der Waals surface area contributed by atoms with Gasteiger partial charge >= 0.3 is 0 Å². The quantitative estimate of drug-likeness (QED) is 0.202. The van der Waals surface area contributed by atoms with Crippen LogP contribution in [0.5, 0.6) is 0 Å². The highest BCUT2D eigenvalue weighted by molar-refractivity contribution is 5.22. The van der Waals surface area contributed by atoms with E-state index in [2.05, 4.69) is 23.3 Å². The Labute approximate surface area is 520 Å². The van der Waals surface area contributed by atoms with E-state index in [9.17, 15) is 0 Å². The second-order valence-electron chi connectivity index (χ2n) is 36.2. The molecule has 16 atom stereocenters. The zero-order chi connectivity index (χ0) is 55.5. The molecule has 0 aromatic carbocycles. The fourth-order valence-corrected chi connectivity index (χ4v) is 31.0. The number of rotatable bonds is 9. The molecule has 470 valence electrons. The average molecular weight is 1140 g/mol. The molecule has 16 saturated carbocycles. The smallest absolute Gasteiger partial charge is 0.0168 e. The Hall–Kier alpha value is -0.520. The summed E-state index contributed by atoms with van der Waals surface area (Å²) in [5.74, 6) is 29.4. The molecular formula is C84H134. The van der Waals surface area contributed by atoms with Crippen LogP contribution in [-0.2, 0) is 0 Å². The Morgan fingerprint density at radius 2 is 0.274 bits per heavy atom. The van der Waals surface area contributed by atoms with Crippen LogP contribution in [0.3, 0.4) is 0 Å². The Balaban J connectivity index is 0.742. The van der Waals surface area contributed by atoms with Crippen LogP contribution in [-0.4, -0.2) is 0 Å². The molecule has 16 rings (SSSR count). The van der Waals surface area contributed by atoms with E-state index in [0.717, 1.165) is 166 Å². The minimum Gasteiger partial charge on any atom is -0.0811 e. The van der Waals surface area contributed by atoms with Crippen LogP contribution >= 0.6 is 0 Å². The van der Waals surface area contributed by atoms with Gasteiger partial charge in [0.05, 0.1) is 0 Å². The standard InChI is InChI=1S/C84H134/c1-5-29-55(30-6-1)75(56-31-7-2-8-32-56)53-77-59-37-13-17-41-63(59)79(64-42-18-14-38-60(64)77)81-67-45-21-25-49-71(67)83(72-50-26-22-46-68(72)81)84-73-51-27-23-47-69(73)82(70-48-24-28-52-74(70)84)80-65-43-19-15-39-61(65)78(62-40-16-20-44-66(62)80)54-76(57-33-9-3-10-34-57)58-35-11-4-12-36-58/h53-74,77-84H,1-52H2. The molecule has 0 heterocycles. The van der Waals surface area contributed by atoms with E-state index in [4.69, 9.17) is 0 Å². The molecule has 0 N–H and O–H groups in total. The van der Waals surface area contributed by atoms with E-state index in [-0.39, 0.29) is 0 Å². The summed E-state index contributed by atoms with van der Waals surface area (Å²) in [7, 11) is 0. The lowest BCUT2D eigenvalue weighted by atomic mass is 9.36. The minimum absolute atomic E-state index is 0.942. The topological polar surface area (TPSA) is 0 Å². The Bertz CT molecular complexity index is 1880. The lowest BCUT2D eigenvalue weighted by Gasteiger charge is -2.68. The van der Waals surface area contributed by atoms with Crippen molar-refractivity contribution in [3.63, 3.8) is 0 Å². The van der Waals surface area contributed by atoms with Crippen LogP contribution in [0.15, 0.2) is 23.3 Å². The highest BCUT2D eigenvalue weighted by atomic mass is 14.7. The van der Waals surface area contributed by atoms with Crippen LogP contribution < -0.4 is 0 Å². The second kappa shape index (κ2) is 26.6. The zero-order valence-corrected chi connectivity index (χ0v) is 55.1. The molecule has 0 saturated heterocycles. The molecule has 16 fully saturated rings. The lowest BCUT2D eigenvalue weighted by Crippen LogP contribution is -2.63. The summed E-state index contributed by atoms with van der Waals surface area (Å²) in [6.07, 6.45) is 89.0. The van der Waals surface area contributed by atoms with Gasteiger partial charge in [-0.15, -0.1) is 0 Å². The predicted molar refractivity (Wildman–Crippen MR) is 354 cm³/mol. The monoisotopic (exact) mass is 1140 g/mol. The van der Waals surface area contributed by atoms with Crippen molar-refractivity contribution in [3.8, 4) is 0 Å². The van der Waals surface area contributed by atoms with Gasteiger partial charge in [0.15, 0.2) is 0 Å². The molecule has 84 heavy (non-hydrogen) atoms. The maximum Gasteiger partial charge on any atom is -0.0168 e. The summed E-state index contributed by atoms with van der Waals surface area (Å²) in [5.41, 5.74) is 4.22. The molecule has 16 unspecified atom stereocenters. The van der Waals surface area contributed by atoms with Gasteiger partial charge in [-0.25, -0.2) is 0 Å². The summed E-state index contributed by atoms with van der Waals surface area (Å²) in [4.78, 5) is 0. The summed E-state index contributed by atoms with van der Waals surface area (Å²) >= 11 is 0. The Kier molecular flexibility index (Phi) is 18.5. The van der Waals surface area contributed by atoms with Crippen LogP contribution in [0.2, 0.25) is 0 Å². The van der Waals surface area contributed by atoms with Gasteiger partial charge in [0.1, 0.15) is 0 Å². The fraction of sp³-hybridized carbons (Fsp3) is 0.952. The van der Waals surface area contributed by atoms with Gasteiger partial charge in [-0.2, -0.15) is 0 Å². The maximum atomic E-state index is 3.28. The maximum absolute atomic E-state index is 3.28. The van der Waals surface area contributed by atoms with E-state index in [0.29, 0.717) is 0 Å². The van der Waals surface area contributed by atoms with Crippen LogP contribution in [0, 0.1) is 166 Å². The lowest BCUT2D eigenvalue weighted by molar-refractivity contribution is -0.202. The van der Waals surface area contributed by atoms with E-state index in [1.807, 2.05) is 0 Å². The predicted octanol–water partition coefficient (Wildman–Crippen LogP) is 24.6. The van der Waals surface area contributed by atoms with Gasteiger partial charge in [-0.3, -0.25) is 0 Å². The molecule has 0 bridgehead atoms. The molecule has 0 aliphatic heterocycles. The number of hydrogen-bond donors (Lipinski definition) is 0. The third-order valence-electron chi connectivity index (χ3n) is 33.3. The van der Waals surface area contributed by atoms with Crippen molar-refractivity contribution in [3.05, 3.63) is 23.3 Å². The Morgan fingerprint density at radius 3 is 0.440 bits per heavy atom. The van der Waals surface area contributed by atoms with Gasteiger partial charge in [0.25, 0.3) is 0 Å². The van der Waals surface area contributed by atoms with Gasteiger partial charge in [-0.05, 0) is 320 Å². The third kappa shape index (κ3) is 11.0. The zero-order valence-electron chi connectivity index (χ0n) is 55.1. The Morgan fingerprint density at radius 1 is 0.143 bits per heavy atom. The van der Waals surface area contributed by atoms with Gasteiger partial charge in [-0.1, -0.05) is 203 Å². The molecule has 0 heteroatoms. The third-order valence-corrected chi connectivity index (χ3v) is 33.3. The van der Waals surface area contributed by atoms with Crippen LogP contribution in [0.1, 0.15) is 334 Å². The SMILES string of the molecule is C(=C(C1CCCCC1)C1CCCCC1)C1C2CCCCC2C(C2C3CCCCC3C(C3C4CCCCC4C(C4C5CCCCC5C(C=C(C5CCCCC5)C5CCCCC5)C5CCCCC54)C4CCCCC43)C3CCCCC32)C2CCCCC12. The average Bonchev–Trinajstić information content (AvgIpc) is 1.03. The molecule has 16 aliphatic carbocycles. The van der Waals surface area contributed by atoms with Crippen LogP contribution in [0.4, 0.5) is 0 Å². The first-order valence-electron chi connectivity index (χ1n) is 41.2. The molecule has 0 nitrogen and oxygen atoms in total. The summed E-state index contributed by atoms with van der Waals surface area (Å²) < 4.78 is 0. The van der Waals surface area contributed by atoms with E-state index in [1.54, 1.807) is 257 Å². The highest BCUT2D eigenvalue weighted by Gasteiger charge is 2.66. The van der Waals surface area contributed by atoms with E-state index >= 15 is 0 Å². The summed E-state index contributed by atoms with van der Waals surface area (Å²) in [6.45, 7) is 0. The second-order valence-corrected chi connectivity index (χ2v) is 36.2. The minimum atomic E-state index is 0.942. The van der Waals surface area contributed by atoms with Crippen molar-refractivity contribution in [1.82, 2.24) is 0 Å². The highest BCUT2D eigenvalue weighted by Crippen LogP contribution is 2.73. The summed E-state index contributed by atoms with van der Waals surface area (Å²) in [5, 5.41) is 0.